The van der Waals surface area contributed by atoms with Crippen LogP contribution in [0.2, 0.25) is 0 Å². The van der Waals surface area contributed by atoms with Crippen LogP contribution in [0.25, 0.3) is 22.4 Å². The molecule has 0 saturated heterocycles. The number of thioether (sulfide) groups is 1. The minimum Gasteiger partial charge on any atom is -0.480 e. The Kier molecular flexibility index (Phi) is 7.83. The average molecular weight is 469 g/mol. The molecule has 1 aliphatic carbocycles. The van der Waals surface area contributed by atoms with Gasteiger partial charge in [0.2, 0.25) is 0 Å². The van der Waals surface area contributed by atoms with Gasteiger partial charge in [-0.15, -0.1) is 11.8 Å². The lowest BCUT2D eigenvalue weighted by atomic mass is 9.82. The van der Waals surface area contributed by atoms with Crippen LogP contribution in [-0.2, 0) is 16.1 Å². The molecule has 1 aromatic heterocycles. The van der Waals surface area contributed by atoms with Crippen LogP contribution in [-0.4, -0.2) is 40.3 Å². The minimum absolute atomic E-state index is 0.227. The van der Waals surface area contributed by atoms with Crippen molar-refractivity contribution in [3.63, 3.8) is 0 Å². The van der Waals surface area contributed by atoms with Crippen LogP contribution in [0.5, 0.6) is 0 Å². The van der Waals surface area contributed by atoms with Gasteiger partial charge in [-0.2, -0.15) is 5.10 Å². The van der Waals surface area contributed by atoms with Crippen LogP contribution < -0.4 is 0 Å². The molecule has 1 N–H and O–H groups in total. The fraction of sp³-hybridized carbons (Fsp3) is 0.385. The van der Waals surface area contributed by atoms with E-state index in [-0.39, 0.29) is 12.4 Å². The highest BCUT2D eigenvalue weighted by atomic mass is 32.2. The number of hydrogen-bond acceptors (Lipinski definition) is 4. The molecule has 2 aromatic carbocycles. The number of rotatable bonds is 9. The molecule has 3 aromatic rings. The lowest BCUT2D eigenvalue weighted by Crippen LogP contribution is -2.23. The van der Waals surface area contributed by atoms with E-state index in [0.29, 0.717) is 18.4 Å². The van der Waals surface area contributed by atoms with E-state index in [1.165, 1.54) is 6.07 Å². The Morgan fingerprint density at radius 2 is 1.79 bits per heavy atom. The van der Waals surface area contributed by atoms with Gasteiger partial charge in [-0.3, -0.25) is 4.68 Å². The smallest absolute Gasteiger partial charge is 0.329 e. The zero-order valence-corrected chi connectivity index (χ0v) is 19.6. The lowest BCUT2D eigenvalue weighted by molar-refractivity contribution is -0.142. The molecule has 4 rings (SSSR count). The zero-order chi connectivity index (χ0) is 23.2. The summed E-state index contributed by atoms with van der Waals surface area (Å²) in [5, 5.41) is 14.8. The monoisotopic (exact) mass is 468 g/mol. The Morgan fingerprint density at radius 1 is 1.09 bits per heavy atom. The van der Waals surface area contributed by atoms with E-state index in [1.807, 2.05) is 42.7 Å². The molecule has 1 saturated carbocycles. The standard InChI is InChI=1S/C26H29FN2O3S/c1-33-26-24(21-8-5-9-22(27)14-21)25(20-6-3-2-4-7-20)28-29(26)15-18-10-12-19(13-11-18)16-32-17-23(30)31/h2-9,14,18-19H,10-13,15-17H2,1H3,(H,30,31). The first-order valence-electron chi connectivity index (χ1n) is 11.3. The first-order chi connectivity index (χ1) is 16.0. The predicted molar refractivity (Wildman–Crippen MR) is 129 cm³/mol. The van der Waals surface area contributed by atoms with Crippen molar-refractivity contribution in [2.75, 3.05) is 19.5 Å². The van der Waals surface area contributed by atoms with Gasteiger partial charge in [-0.1, -0.05) is 42.5 Å². The molecule has 0 amide bonds. The normalized spacial score (nSPS) is 18.4. The average Bonchev–Trinajstić information content (AvgIpc) is 3.18. The van der Waals surface area contributed by atoms with E-state index >= 15 is 0 Å². The summed E-state index contributed by atoms with van der Waals surface area (Å²) in [4.78, 5) is 10.7. The Balaban J connectivity index is 1.56. The van der Waals surface area contributed by atoms with Crippen molar-refractivity contribution >= 4 is 17.7 Å². The third-order valence-electron chi connectivity index (χ3n) is 6.24. The fourth-order valence-electron chi connectivity index (χ4n) is 4.62. The molecule has 0 spiro atoms. The molecule has 5 nitrogen and oxygen atoms in total. The van der Waals surface area contributed by atoms with Crippen LogP contribution in [0.3, 0.4) is 0 Å². The van der Waals surface area contributed by atoms with Gasteiger partial charge in [0.1, 0.15) is 23.1 Å². The maximum Gasteiger partial charge on any atom is 0.329 e. The second-order valence-corrected chi connectivity index (χ2v) is 9.38. The van der Waals surface area contributed by atoms with Crippen molar-refractivity contribution < 1.29 is 19.0 Å². The van der Waals surface area contributed by atoms with E-state index in [0.717, 1.165) is 59.6 Å². The largest absolute Gasteiger partial charge is 0.480 e. The van der Waals surface area contributed by atoms with Crippen molar-refractivity contribution in [1.29, 1.82) is 0 Å². The topological polar surface area (TPSA) is 64.4 Å². The number of hydrogen-bond donors (Lipinski definition) is 1. The first-order valence-corrected chi connectivity index (χ1v) is 12.5. The summed E-state index contributed by atoms with van der Waals surface area (Å²) in [6.45, 7) is 1.10. The van der Waals surface area contributed by atoms with Gasteiger partial charge in [0.15, 0.2) is 0 Å². The summed E-state index contributed by atoms with van der Waals surface area (Å²) in [7, 11) is 0. The summed E-state index contributed by atoms with van der Waals surface area (Å²) in [5.74, 6) is -0.262. The summed E-state index contributed by atoms with van der Waals surface area (Å²) in [5.41, 5.74) is 3.71. The maximum absolute atomic E-state index is 14.1. The van der Waals surface area contributed by atoms with Crippen LogP contribution in [0.15, 0.2) is 59.6 Å². The Bertz CT molecular complexity index is 1080. The highest BCUT2D eigenvalue weighted by molar-refractivity contribution is 7.98. The van der Waals surface area contributed by atoms with Crippen LogP contribution >= 0.6 is 11.8 Å². The lowest BCUT2D eigenvalue weighted by Gasteiger charge is -2.28. The van der Waals surface area contributed by atoms with Crippen molar-refractivity contribution in [2.24, 2.45) is 11.8 Å². The number of carbonyl (C=O) groups is 1. The van der Waals surface area contributed by atoms with E-state index in [2.05, 4.69) is 4.68 Å². The second kappa shape index (κ2) is 11.0. The molecule has 1 heterocycles. The number of nitrogens with zero attached hydrogens (tertiary/aromatic N) is 2. The van der Waals surface area contributed by atoms with Gasteiger partial charge >= 0.3 is 5.97 Å². The van der Waals surface area contributed by atoms with Gasteiger partial charge < -0.3 is 9.84 Å². The van der Waals surface area contributed by atoms with E-state index in [9.17, 15) is 9.18 Å². The Labute approximate surface area is 198 Å². The zero-order valence-electron chi connectivity index (χ0n) is 18.7. The van der Waals surface area contributed by atoms with Gasteiger partial charge in [-0.25, -0.2) is 9.18 Å². The van der Waals surface area contributed by atoms with Crippen LogP contribution in [0, 0.1) is 17.7 Å². The number of carboxylic acid groups (broad SMARTS) is 1. The highest BCUT2D eigenvalue weighted by Gasteiger charge is 2.26. The van der Waals surface area contributed by atoms with Gasteiger partial charge in [0.25, 0.3) is 0 Å². The maximum atomic E-state index is 14.1. The predicted octanol–water partition coefficient (Wildman–Crippen LogP) is 5.99. The minimum atomic E-state index is -0.921. The molecule has 0 atom stereocenters. The highest BCUT2D eigenvalue weighted by Crippen LogP contribution is 2.40. The second-order valence-electron chi connectivity index (χ2n) is 8.59. The molecule has 33 heavy (non-hydrogen) atoms. The number of halogens is 1. The van der Waals surface area contributed by atoms with Crippen molar-refractivity contribution in [3.8, 4) is 22.4 Å². The summed E-state index contributed by atoms with van der Waals surface area (Å²) in [6, 6.07) is 16.8. The fourth-order valence-corrected chi connectivity index (χ4v) is 5.36. The number of aliphatic carboxylic acids is 1. The van der Waals surface area contributed by atoms with E-state index in [1.54, 1.807) is 23.9 Å². The molecular formula is C26H29FN2O3S. The van der Waals surface area contributed by atoms with E-state index in [4.69, 9.17) is 14.9 Å². The van der Waals surface area contributed by atoms with Crippen molar-refractivity contribution in [3.05, 3.63) is 60.4 Å². The van der Waals surface area contributed by atoms with E-state index < -0.39 is 5.97 Å². The first kappa shape index (κ1) is 23.5. The molecule has 0 aliphatic heterocycles. The molecule has 0 unspecified atom stereocenters. The number of carboxylic acids is 1. The van der Waals surface area contributed by atoms with Crippen LogP contribution in [0.1, 0.15) is 25.7 Å². The quantitative estimate of drug-likeness (QED) is 0.391. The SMILES string of the molecule is CSc1c(-c2cccc(F)c2)c(-c2ccccc2)nn1CC1CCC(COCC(=O)O)CC1. The van der Waals surface area contributed by atoms with Crippen molar-refractivity contribution in [1.82, 2.24) is 9.78 Å². The number of benzene rings is 2. The Hall–Kier alpha value is -2.64. The molecule has 0 bridgehead atoms. The third kappa shape index (κ3) is 5.84. The summed E-state index contributed by atoms with van der Waals surface area (Å²) >= 11 is 1.64. The molecule has 1 fully saturated rings. The Morgan fingerprint density at radius 3 is 2.45 bits per heavy atom. The molecule has 7 heteroatoms. The van der Waals surface area contributed by atoms with Crippen LogP contribution in [0.4, 0.5) is 4.39 Å². The molecular weight excluding hydrogens is 439 g/mol. The van der Waals surface area contributed by atoms with Gasteiger partial charge in [-0.05, 0) is 61.5 Å². The number of aromatic nitrogens is 2. The molecule has 174 valence electrons. The third-order valence-corrected chi connectivity index (χ3v) is 7.04. The molecule has 1 aliphatic rings. The molecule has 0 radical (unpaired) electrons. The van der Waals surface area contributed by atoms with Crippen molar-refractivity contribution in [2.45, 2.75) is 37.3 Å². The van der Waals surface area contributed by atoms with Gasteiger partial charge in [0.05, 0.1) is 6.61 Å². The summed E-state index contributed by atoms with van der Waals surface area (Å²) in [6.07, 6.45) is 6.22. The van der Waals surface area contributed by atoms with Gasteiger partial charge in [0, 0.05) is 17.7 Å². The number of ether oxygens (including phenoxy) is 1. The summed E-state index contributed by atoms with van der Waals surface area (Å²) < 4.78 is 21.5.